The van der Waals surface area contributed by atoms with Crippen LogP contribution in [-0.2, 0) is 4.74 Å². The standard InChI is InChI=1S/C14H18N4O/c15-17-16-7-2-1-4-13-5-3-6-14(12-13)18-8-10-19-11-9-18/h1,3-6,12H,2,7-11H2. The summed E-state index contributed by atoms with van der Waals surface area (Å²) in [6.45, 7) is 4.00. The van der Waals surface area contributed by atoms with Gasteiger partial charge in [-0.05, 0) is 29.6 Å². The Labute approximate surface area is 113 Å². The largest absolute Gasteiger partial charge is 0.378 e. The third-order valence-corrected chi connectivity index (χ3v) is 3.02. The van der Waals surface area contributed by atoms with Crippen molar-refractivity contribution >= 4 is 11.8 Å². The number of hydrogen-bond acceptors (Lipinski definition) is 3. The molecule has 1 saturated heterocycles. The molecule has 1 aromatic rings. The van der Waals surface area contributed by atoms with Crippen molar-refractivity contribution in [2.75, 3.05) is 37.7 Å². The molecule has 0 amide bonds. The van der Waals surface area contributed by atoms with Crippen LogP contribution < -0.4 is 4.90 Å². The molecule has 5 heteroatoms. The Morgan fingerprint density at radius 1 is 1.37 bits per heavy atom. The van der Waals surface area contributed by atoms with Crippen molar-refractivity contribution in [1.29, 1.82) is 0 Å². The van der Waals surface area contributed by atoms with Gasteiger partial charge in [0.05, 0.1) is 13.2 Å². The molecule has 1 aliphatic heterocycles. The van der Waals surface area contributed by atoms with Crippen LogP contribution in [0, 0.1) is 0 Å². The second-order valence-electron chi connectivity index (χ2n) is 4.34. The van der Waals surface area contributed by atoms with Crippen LogP contribution in [0.3, 0.4) is 0 Å². The Morgan fingerprint density at radius 3 is 3.00 bits per heavy atom. The molecular formula is C14H18N4O. The maximum atomic E-state index is 8.18. The third kappa shape index (κ3) is 4.32. The van der Waals surface area contributed by atoms with Crippen LogP contribution in [0.15, 0.2) is 35.5 Å². The maximum Gasteiger partial charge on any atom is 0.0642 e. The SMILES string of the molecule is [N-]=[N+]=NCCC=Cc1cccc(N2CCOCC2)c1. The molecule has 5 nitrogen and oxygen atoms in total. The van der Waals surface area contributed by atoms with Crippen molar-refractivity contribution in [3.63, 3.8) is 0 Å². The molecule has 0 spiro atoms. The average molecular weight is 258 g/mol. The first kappa shape index (κ1) is 13.5. The lowest BCUT2D eigenvalue weighted by Gasteiger charge is -2.29. The molecule has 0 aromatic heterocycles. The highest BCUT2D eigenvalue weighted by Gasteiger charge is 2.10. The topological polar surface area (TPSA) is 61.2 Å². The fourth-order valence-electron chi connectivity index (χ4n) is 2.04. The van der Waals surface area contributed by atoms with Crippen molar-refractivity contribution in [3.05, 3.63) is 46.3 Å². The van der Waals surface area contributed by atoms with Crippen molar-refractivity contribution in [1.82, 2.24) is 0 Å². The van der Waals surface area contributed by atoms with E-state index in [4.69, 9.17) is 10.3 Å². The van der Waals surface area contributed by atoms with E-state index in [0.29, 0.717) is 6.54 Å². The molecule has 19 heavy (non-hydrogen) atoms. The molecule has 1 fully saturated rings. The lowest BCUT2D eigenvalue weighted by atomic mass is 10.1. The third-order valence-electron chi connectivity index (χ3n) is 3.02. The number of azide groups is 1. The Bertz CT molecular complexity index is 474. The molecule has 1 aliphatic rings. The van der Waals surface area contributed by atoms with Gasteiger partial charge in [0.25, 0.3) is 0 Å². The second-order valence-corrected chi connectivity index (χ2v) is 4.34. The van der Waals surface area contributed by atoms with Crippen LogP contribution in [0.25, 0.3) is 16.5 Å². The molecule has 1 aromatic carbocycles. The predicted molar refractivity (Wildman–Crippen MR) is 77.1 cm³/mol. The Balaban J connectivity index is 1.96. The molecule has 0 aliphatic carbocycles. The highest BCUT2D eigenvalue weighted by Crippen LogP contribution is 2.18. The number of ether oxygens (including phenoxy) is 1. The molecule has 0 radical (unpaired) electrons. The van der Waals surface area contributed by atoms with Gasteiger partial charge in [-0.2, -0.15) is 0 Å². The first-order valence-electron chi connectivity index (χ1n) is 6.50. The minimum absolute atomic E-state index is 0.510. The van der Waals surface area contributed by atoms with Gasteiger partial charge in [0.1, 0.15) is 0 Å². The molecule has 0 atom stereocenters. The Morgan fingerprint density at radius 2 is 2.21 bits per heavy atom. The van der Waals surface area contributed by atoms with E-state index in [1.807, 2.05) is 6.08 Å². The van der Waals surface area contributed by atoms with E-state index in [1.165, 1.54) is 11.3 Å². The summed E-state index contributed by atoms with van der Waals surface area (Å²) in [7, 11) is 0. The zero-order chi connectivity index (χ0) is 13.3. The zero-order valence-corrected chi connectivity index (χ0v) is 10.9. The Kier molecular flexibility index (Phi) is 5.29. The van der Waals surface area contributed by atoms with Gasteiger partial charge in [-0.25, -0.2) is 0 Å². The lowest BCUT2D eigenvalue weighted by Crippen LogP contribution is -2.36. The monoisotopic (exact) mass is 258 g/mol. The van der Waals surface area contributed by atoms with Crippen LogP contribution in [0.4, 0.5) is 5.69 Å². The van der Waals surface area contributed by atoms with Gasteiger partial charge >= 0.3 is 0 Å². The van der Waals surface area contributed by atoms with Crippen molar-refractivity contribution < 1.29 is 4.74 Å². The molecule has 100 valence electrons. The van der Waals surface area contributed by atoms with Crippen molar-refractivity contribution in [2.45, 2.75) is 6.42 Å². The van der Waals surface area contributed by atoms with Crippen molar-refractivity contribution in [3.8, 4) is 0 Å². The smallest absolute Gasteiger partial charge is 0.0642 e. The van der Waals surface area contributed by atoms with E-state index < -0.39 is 0 Å². The molecule has 0 unspecified atom stereocenters. The highest BCUT2D eigenvalue weighted by molar-refractivity contribution is 5.58. The van der Waals surface area contributed by atoms with Crippen LogP contribution in [0.5, 0.6) is 0 Å². The fraction of sp³-hybridized carbons (Fsp3) is 0.429. The van der Waals surface area contributed by atoms with Crippen LogP contribution in [0.2, 0.25) is 0 Å². The maximum absolute atomic E-state index is 8.18. The molecule has 2 rings (SSSR count). The quantitative estimate of drug-likeness (QED) is 0.352. The van der Waals surface area contributed by atoms with Crippen LogP contribution in [-0.4, -0.2) is 32.8 Å². The van der Waals surface area contributed by atoms with E-state index in [0.717, 1.165) is 32.7 Å². The van der Waals surface area contributed by atoms with Gasteiger partial charge in [-0.1, -0.05) is 29.4 Å². The zero-order valence-electron chi connectivity index (χ0n) is 10.9. The predicted octanol–water partition coefficient (Wildman–Crippen LogP) is 3.24. The summed E-state index contributed by atoms with van der Waals surface area (Å²) in [5.74, 6) is 0. The first-order valence-corrected chi connectivity index (χ1v) is 6.50. The number of benzene rings is 1. The van der Waals surface area contributed by atoms with Gasteiger partial charge in [0.2, 0.25) is 0 Å². The first-order chi connectivity index (χ1) is 9.40. The summed E-state index contributed by atoms with van der Waals surface area (Å²) in [5.41, 5.74) is 10.6. The van der Waals surface area contributed by atoms with Crippen LogP contribution in [0.1, 0.15) is 12.0 Å². The minimum atomic E-state index is 0.510. The Hall–Kier alpha value is -1.97. The summed E-state index contributed by atoms with van der Waals surface area (Å²) < 4.78 is 5.36. The van der Waals surface area contributed by atoms with E-state index in [1.54, 1.807) is 0 Å². The van der Waals surface area contributed by atoms with E-state index in [-0.39, 0.29) is 0 Å². The minimum Gasteiger partial charge on any atom is -0.378 e. The summed E-state index contributed by atoms with van der Waals surface area (Å²) in [6, 6.07) is 8.45. The van der Waals surface area contributed by atoms with Gasteiger partial charge in [0, 0.05) is 30.2 Å². The highest BCUT2D eigenvalue weighted by atomic mass is 16.5. The normalized spacial score (nSPS) is 15.5. The number of nitrogens with zero attached hydrogens (tertiary/aromatic N) is 4. The lowest BCUT2D eigenvalue weighted by molar-refractivity contribution is 0.122. The number of anilines is 1. The molecular weight excluding hydrogens is 240 g/mol. The molecule has 0 bridgehead atoms. The van der Waals surface area contributed by atoms with E-state index >= 15 is 0 Å². The van der Waals surface area contributed by atoms with Gasteiger partial charge in [-0.3, -0.25) is 0 Å². The molecule has 0 saturated carbocycles. The molecule has 1 heterocycles. The number of rotatable bonds is 5. The summed E-state index contributed by atoms with van der Waals surface area (Å²) in [6.07, 6.45) is 4.87. The second kappa shape index (κ2) is 7.46. The summed E-state index contributed by atoms with van der Waals surface area (Å²) in [4.78, 5) is 5.06. The van der Waals surface area contributed by atoms with E-state index in [9.17, 15) is 0 Å². The number of hydrogen-bond donors (Lipinski definition) is 0. The fourth-order valence-corrected chi connectivity index (χ4v) is 2.04. The summed E-state index contributed by atoms with van der Waals surface area (Å²) >= 11 is 0. The van der Waals surface area contributed by atoms with E-state index in [2.05, 4.69) is 45.3 Å². The van der Waals surface area contributed by atoms with Crippen molar-refractivity contribution in [2.24, 2.45) is 5.11 Å². The average Bonchev–Trinajstić information content (AvgIpc) is 2.48. The van der Waals surface area contributed by atoms with Gasteiger partial charge in [0.15, 0.2) is 0 Å². The van der Waals surface area contributed by atoms with Gasteiger partial charge < -0.3 is 9.64 Å². The van der Waals surface area contributed by atoms with Crippen LogP contribution >= 0.6 is 0 Å². The van der Waals surface area contributed by atoms with Gasteiger partial charge in [-0.15, -0.1) is 0 Å². The number of morpholine rings is 1. The molecule has 0 N–H and O–H groups in total. The summed E-state index contributed by atoms with van der Waals surface area (Å²) in [5, 5.41) is 3.50.